The van der Waals surface area contributed by atoms with Crippen molar-refractivity contribution < 1.29 is 9.18 Å². The molecule has 3 N–H and O–H groups in total. The minimum Gasteiger partial charge on any atom is -0.337 e. The summed E-state index contributed by atoms with van der Waals surface area (Å²) >= 11 is 18.0. The van der Waals surface area contributed by atoms with Gasteiger partial charge in [-0.25, -0.2) is 9.18 Å². The molecule has 0 aromatic heterocycles. The number of nitrogens with one attached hydrogen (secondary N) is 3. The highest BCUT2D eigenvalue weighted by molar-refractivity contribution is 6.42. The molecule has 8 heteroatoms. The Hall–Kier alpha value is -1.53. The van der Waals surface area contributed by atoms with Crippen LogP contribution in [0.15, 0.2) is 36.4 Å². The maximum absolute atomic E-state index is 13.3. The topological polar surface area (TPSA) is 53.2 Å². The number of halogens is 4. The minimum atomic E-state index is -0.531. The minimum absolute atomic E-state index is 0.0430. The Bertz CT molecular complexity index is 861. The summed E-state index contributed by atoms with van der Waals surface area (Å²) in [6, 6.07) is 9.80. The Balaban J connectivity index is 1.59. The number of hydrogen-bond donors (Lipinski definition) is 3. The Kier molecular flexibility index (Phi) is 8.01. The molecule has 29 heavy (non-hydrogen) atoms. The molecular weight excluding hydrogens is 436 g/mol. The molecule has 2 aromatic carbocycles. The Morgan fingerprint density at radius 1 is 1.07 bits per heavy atom. The van der Waals surface area contributed by atoms with Crippen molar-refractivity contribution in [1.29, 1.82) is 0 Å². The van der Waals surface area contributed by atoms with Crippen LogP contribution in [0.3, 0.4) is 0 Å². The third-order valence-corrected chi connectivity index (χ3v) is 6.16. The van der Waals surface area contributed by atoms with Gasteiger partial charge in [-0.2, -0.15) is 0 Å². The van der Waals surface area contributed by atoms with Crippen LogP contribution >= 0.6 is 34.8 Å². The van der Waals surface area contributed by atoms with E-state index < -0.39 is 5.82 Å². The van der Waals surface area contributed by atoms with E-state index >= 15 is 0 Å². The number of rotatable bonds is 8. The molecule has 4 nitrogen and oxygen atoms in total. The van der Waals surface area contributed by atoms with Crippen LogP contribution in [0.25, 0.3) is 0 Å². The van der Waals surface area contributed by atoms with Crippen LogP contribution in [0, 0.1) is 5.82 Å². The molecule has 156 valence electrons. The smallest absolute Gasteiger partial charge is 0.319 e. The molecule has 3 rings (SSSR count). The summed E-state index contributed by atoms with van der Waals surface area (Å²) in [5.41, 5.74) is 1.44. The summed E-state index contributed by atoms with van der Waals surface area (Å²) in [6.07, 6.45) is 4.57. The molecule has 1 atom stereocenters. The molecule has 1 aliphatic rings. The third-order valence-electron chi connectivity index (χ3n) is 5.13. The predicted molar refractivity (Wildman–Crippen MR) is 118 cm³/mol. The number of amides is 2. The van der Waals surface area contributed by atoms with E-state index in [1.165, 1.54) is 37.5 Å². The number of carbonyl (C=O) groups is 1. The SMILES string of the molecule is O=C(NCC(CCNC1CCC1)c1ccc(Cl)c(Cl)c1)Nc1ccc(F)c(Cl)c1. The van der Waals surface area contributed by atoms with Crippen molar-refractivity contribution in [2.75, 3.05) is 18.4 Å². The van der Waals surface area contributed by atoms with Crippen LogP contribution in [0.1, 0.15) is 37.2 Å². The molecular formula is C21H23Cl3FN3O. The first-order chi connectivity index (χ1) is 13.9. The van der Waals surface area contributed by atoms with Gasteiger partial charge in [-0.1, -0.05) is 47.3 Å². The van der Waals surface area contributed by atoms with Crippen molar-refractivity contribution in [3.05, 3.63) is 62.8 Å². The molecule has 2 amide bonds. The van der Waals surface area contributed by atoms with Gasteiger partial charge in [0.15, 0.2) is 0 Å². The van der Waals surface area contributed by atoms with Gasteiger partial charge in [-0.05, 0) is 61.7 Å². The van der Waals surface area contributed by atoms with Crippen LogP contribution in [-0.4, -0.2) is 25.2 Å². The second-order valence-corrected chi connectivity index (χ2v) is 8.43. The van der Waals surface area contributed by atoms with E-state index in [1.54, 1.807) is 6.07 Å². The van der Waals surface area contributed by atoms with Gasteiger partial charge in [0.05, 0.1) is 15.1 Å². The fraction of sp³-hybridized carbons (Fsp3) is 0.381. The van der Waals surface area contributed by atoms with Crippen molar-refractivity contribution in [2.24, 2.45) is 0 Å². The highest BCUT2D eigenvalue weighted by atomic mass is 35.5. The van der Waals surface area contributed by atoms with Gasteiger partial charge < -0.3 is 16.0 Å². The molecule has 0 aliphatic heterocycles. The summed E-state index contributed by atoms with van der Waals surface area (Å²) in [4.78, 5) is 12.3. The maximum atomic E-state index is 13.3. The zero-order valence-corrected chi connectivity index (χ0v) is 18.0. The van der Waals surface area contributed by atoms with Gasteiger partial charge in [-0.3, -0.25) is 0 Å². The lowest BCUT2D eigenvalue weighted by Crippen LogP contribution is -2.37. The summed E-state index contributed by atoms with van der Waals surface area (Å²) in [6.45, 7) is 1.28. The van der Waals surface area contributed by atoms with Crippen molar-refractivity contribution in [1.82, 2.24) is 10.6 Å². The number of anilines is 1. The van der Waals surface area contributed by atoms with Crippen LogP contribution in [0.5, 0.6) is 0 Å². The first kappa shape index (κ1) is 22.2. The molecule has 2 aromatic rings. The molecule has 0 saturated heterocycles. The van der Waals surface area contributed by atoms with Gasteiger partial charge in [0, 0.05) is 24.2 Å². The van der Waals surface area contributed by atoms with Crippen LogP contribution < -0.4 is 16.0 Å². The molecule has 0 radical (unpaired) electrons. The van der Waals surface area contributed by atoms with E-state index in [0.717, 1.165) is 18.5 Å². The van der Waals surface area contributed by atoms with Crippen molar-refractivity contribution >= 4 is 46.5 Å². The number of urea groups is 1. The Morgan fingerprint density at radius 2 is 1.86 bits per heavy atom. The van der Waals surface area contributed by atoms with E-state index in [4.69, 9.17) is 34.8 Å². The highest BCUT2D eigenvalue weighted by Crippen LogP contribution is 2.28. The lowest BCUT2D eigenvalue weighted by molar-refractivity contribution is 0.251. The molecule has 1 aliphatic carbocycles. The average Bonchev–Trinajstić information content (AvgIpc) is 2.65. The second-order valence-electron chi connectivity index (χ2n) is 7.21. The lowest BCUT2D eigenvalue weighted by atomic mass is 9.92. The molecule has 0 heterocycles. The normalized spacial score (nSPS) is 14.9. The molecule has 1 saturated carbocycles. The molecule has 0 bridgehead atoms. The first-order valence-corrected chi connectivity index (χ1v) is 10.7. The van der Waals surface area contributed by atoms with Crippen LogP contribution in [0.2, 0.25) is 15.1 Å². The number of benzene rings is 2. The van der Waals surface area contributed by atoms with E-state index in [9.17, 15) is 9.18 Å². The third kappa shape index (κ3) is 6.48. The van der Waals surface area contributed by atoms with E-state index in [0.29, 0.717) is 28.3 Å². The van der Waals surface area contributed by atoms with E-state index in [1.807, 2.05) is 12.1 Å². The molecule has 1 unspecified atom stereocenters. The van der Waals surface area contributed by atoms with Gasteiger partial charge in [0.2, 0.25) is 0 Å². The fourth-order valence-electron chi connectivity index (χ4n) is 3.19. The van der Waals surface area contributed by atoms with Gasteiger partial charge in [0.25, 0.3) is 0 Å². The van der Waals surface area contributed by atoms with Gasteiger partial charge >= 0.3 is 6.03 Å². The summed E-state index contributed by atoms with van der Waals surface area (Å²) in [5.74, 6) is -0.462. The first-order valence-electron chi connectivity index (χ1n) is 9.60. The second kappa shape index (κ2) is 10.5. The van der Waals surface area contributed by atoms with Crippen molar-refractivity contribution in [3.63, 3.8) is 0 Å². The zero-order chi connectivity index (χ0) is 20.8. The molecule has 0 spiro atoms. The number of hydrogen-bond acceptors (Lipinski definition) is 2. The largest absolute Gasteiger partial charge is 0.337 e. The predicted octanol–water partition coefficient (Wildman–Crippen LogP) is 6.22. The average molecular weight is 459 g/mol. The van der Waals surface area contributed by atoms with Crippen LogP contribution in [0.4, 0.5) is 14.9 Å². The quantitative estimate of drug-likeness (QED) is 0.439. The zero-order valence-electron chi connectivity index (χ0n) is 15.8. The monoisotopic (exact) mass is 457 g/mol. The summed E-state index contributed by atoms with van der Waals surface area (Å²) < 4.78 is 13.3. The van der Waals surface area contributed by atoms with Gasteiger partial charge in [-0.15, -0.1) is 0 Å². The standard InChI is InChI=1S/C21H23Cl3FN3O/c22-17-6-4-13(10-18(17)23)14(8-9-26-15-2-1-3-15)12-27-21(29)28-16-5-7-20(25)19(24)11-16/h4-7,10-11,14-15,26H,1-3,8-9,12H2,(H2,27,28,29). The lowest BCUT2D eigenvalue weighted by Gasteiger charge is -2.28. The van der Waals surface area contributed by atoms with E-state index in [2.05, 4.69) is 16.0 Å². The summed E-state index contributed by atoms with van der Waals surface area (Å²) in [7, 11) is 0. The molecule has 1 fully saturated rings. The fourth-order valence-corrected chi connectivity index (χ4v) is 3.68. The van der Waals surface area contributed by atoms with Crippen LogP contribution in [-0.2, 0) is 0 Å². The number of carbonyl (C=O) groups excluding carboxylic acids is 1. The Labute approximate surface area is 185 Å². The maximum Gasteiger partial charge on any atom is 0.319 e. The highest BCUT2D eigenvalue weighted by Gasteiger charge is 2.19. The van der Waals surface area contributed by atoms with Gasteiger partial charge in [0.1, 0.15) is 5.82 Å². The van der Waals surface area contributed by atoms with E-state index in [-0.39, 0.29) is 17.0 Å². The van der Waals surface area contributed by atoms with Crippen molar-refractivity contribution in [3.8, 4) is 0 Å². The summed E-state index contributed by atoms with van der Waals surface area (Å²) in [5, 5.41) is 10.0. The van der Waals surface area contributed by atoms with Crippen molar-refractivity contribution in [2.45, 2.75) is 37.6 Å². The Morgan fingerprint density at radius 3 is 2.52 bits per heavy atom.